The summed E-state index contributed by atoms with van der Waals surface area (Å²) in [6.07, 6.45) is 1.71. The fraction of sp³-hybridized carbons (Fsp3) is 0.0667. The number of aliphatic hydroxyl groups excluding tert-OH is 1. The number of aliphatic hydroxyl groups is 1. The average molecular weight is 225 g/mol. The van der Waals surface area contributed by atoms with Crippen LogP contribution in [0, 0.1) is 0 Å². The maximum Gasteiger partial charge on any atom is 0.138 e. The first-order valence-electron chi connectivity index (χ1n) is 5.51. The van der Waals surface area contributed by atoms with Crippen LogP contribution in [0.4, 0.5) is 5.69 Å². The molecule has 0 radical (unpaired) electrons. The Bertz CT molecular complexity index is 491. The van der Waals surface area contributed by atoms with Crippen LogP contribution >= 0.6 is 0 Å². The van der Waals surface area contributed by atoms with Crippen molar-refractivity contribution in [3.63, 3.8) is 0 Å². The predicted molar refractivity (Wildman–Crippen MR) is 71.9 cm³/mol. The average Bonchev–Trinajstić information content (AvgIpc) is 2.40. The summed E-state index contributed by atoms with van der Waals surface area (Å²) in [7, 11) is 1.91. The number of para-hydroxylation sites is 1. The fourth-order valence-electron chi connectivity index (χ4n) is 1.60. The smallest absolute Gasteiger partial charge is 0.138 e. The van der Waals surface area contributed by atoms with E-state index in [1.54, 1.807) is 6.20 Å². The second kappa shape index (κ2) is 5.21. The van der Waals surface area contributed by atoms with E-state index in [1.165, 1.54) is 0 Å². The van der Waals surface area contributed by atoms with Gasteiger partial charge < -0.3 is 10.0 Å². The third-order valence-electron chi connectivity index (χ3n) is 2.55. The number of rotatable bonds is 3. The van der Waals surface area contributed by atoms with Gasteiger partial charge in [0.05, 0.1) is 0 Å². The summed E-state index contributed by atoms with van der Waals surface area (Å²) in [6, 6.07) is 19.4. The zero-order valence-electron chi connectivity index (χ0n) is 9.75. The minimum Gasteiger partial charge on any atom is -0.506 e. The summed E-state index contributed by atoms with van der Waals surface area (Å²) in [4.78, 5) is 1.89. The van der Waals surface area contributed by atoms with Crippen LogP contribution in [-0.4, -0.2) is 12.2 Å². The molecule has 2 aromatic rings. The Hall–Kier alpha value is -2.22. The predicted octanol–water partition coefficient (Wildman–Crippen LogP) is 3.68. The molecule has 0 fully saturated rings. The first-order chi connectivity index (χ1) is 8.27. The van der Waals surface area contributed by atoms with Crippen LogP contribution in [0.3, 0.4) is 0 Å². The zero-order chi connectivity index (χ0) is 12.1. The standard InChI is InChI=1S/C15H15NO/c1-16(14-10-6-3-7-11-14)12-15(17)13-8-4-2-5-9-13/h2-12,17H,1H3/b15-12-. The van der Waals surface area contributed by atoms with Crippen molar-refractivity contribution in [3.05, 3.63) is 72.4 Å². The lowest BCUT2D eigenvalue weighted by Gasteiger charge is -2.14. The molecular weight excluding hydrogens is 210 g/mol. The summed E-state index contributed by atoms with van der Waals surface area (Å²) in [5, 5.41) is 9.97. The second-order valence-electron chi connectivity index (χ2n) is 3.83. The van der Waals surface area contributed by atoms with Crippen molar-refractivity contribution in [1.82, 2.24) is 0 Å². The normalized spacial score (nSPS) is 11.2. The molecule has 0 aromatic heterocycles. The zero-order valence-corrected chi connectivity index (χ0v) is 9.75. The number of hydrogen-bond donors (Lipinski definition) is 1. The summed E-state index contributed by atoms with van der Waals surface area (Å²) >= 11 is 0. The van der Waals surface area contributed by atoms with Gasteiger partial charge in [0.2, 0.25) is 0 Å². The van der Waals surface area contributed by atoms with Gasteiger partial charge in [-0.3, -0.25) is 0 Å². The highest BCUT2D eigenvalue weighted by Crippen LogP contribution is 2.16. The molecule has 0 unspecified atom stereocenters. The quantitative estimate of drug-likeness (QED) is 0.805. The molecule has 2 heteroatoms. The molecule has 0 bridgehead atoms. The molecule has 86 valence electrons. The molecule has 0 saturated heterocycles. The van der Waals surface area contributed by atoms with E-state index in [-0.39, 0.29) is 5.76 Å². The lowest BCUT2D eigenvalue weighted by Crippen LogP contribution is -2.08. The largest absolute Gasteiger partial charge is 0.506 e. The van der Waals surface area contributed by atoms with Crippen LogP contribution in [0.2, 0.25) is 0 Å². The molecule has 0 aliphatic heterocycles. The minimum atomic E-state index is 0.261. The molecule has 17 heavy (non-hydrogen) atoms. The van der Waals surface area contributed by atoms with E-state index in [1.807, 2.05) is 72.6 Å². The van der Waals surface area contributed by atoms with Crippen LogP contribution in [0.25, 0.3) is 5.76 Å². The third kappa shape index (κ3) is 2.88. The van der Waals surface area contributed by atoms with Crippen molar-refractivity contribution in [2.75, 3.05) is 11.9 Å². The summed E-state index contributed by atoms with van der Waals surface area (Å²) in [5.41, 5.74) is 1.85. The van der Waals surface area contributed by atoms with E-state index in [2.05, 4.69) is 0 Å². The molecule has 0 aliphatic rings. The third-order valence-corrected chi connectivity index (χ3v) is 2.55. The first kappa shape index (κ1) is 11.3. The van der Waals surface area contributed by atoms with Gasteiger partial charge in [-0.2, -0.15) is 0 Å². The minimum absolute atomic E-state index is 0.261. The maximum atomic E-state index is 9.97. The van der Waals surface area contributed by atoms with Crippen molar-refractivity contribution in [2.24, 2.45) is 0 Å². The number of hydrogen-bond acceptors (Lipinski definition) is 2. The lowest BCUT2D eigenvalue weighted by molar-refractivity contribution is 0.510. The van der Waals surface area contributed by atoms with E-state index in [0.717, 1.165) is 11.3 Å². The molecule has 0 heterocycles. The topological polar surface area (TPSA) is 23.5 Å². The molecular formula is C15H15NO. The molecule has 0 amide bonds. The van der Waals surface area contributed by atoms with Crippen molar-refractivity contribution in [3.8, 4) is 0 Å². The molecule has 2 nitrogen and oxygen atoms in total. The lowest BCUT2D eigenvalue weighted by atomic mass is 10.2. The van der Waals surface area contributed by atoms with Crippen molar-refractivity contribution in [2.45, 2.75) is 0 Å². The first-order valence-corrected chi connectivity index (χ1v) is 5.51. The van der Waals surface area contributed by atoms with Gasteiger partial charge >= 0.3 is 0 Å². The maximum absolute atomic E-state index is 9.97. The van der Waals surface area contributed by atoms with Gasteiger partial charge in [-0.1, -0.05) is 48.5 Å². The molecule has 0 saturated carbocycles. The van der Waals surface area contributed by atoms with E-state index in [4.69, 9.17) is 0 Å². The summed E-state index contributed by atoms with van der Waals surface area (Å²) in [6.45, 7) is 0. The van der Waals surface area contributed by atoms with Crippen molar-refractivity contribution < 1.29 is 5.11 Å². The SMILES string of the molecule is CN(/C=C(\O)c1ccccc1)c1ccccc1. The Morgan fingerprint density at radius 2 is 1.47 bits per heavy atom. The van der Waals surface area contributed by atoms with Gasteiger partial charge in [-0.05, 0) is 12.1 Å². The van der Waals surface area contributed by atoms with Gasteiger partial charge in [0.1, 0.15) is 5.76 Å². The Kier molecular flexibility index (Phi) is 3.46. The van der Waals surface area contributed by atoms with Gasteiger partial charge in [-0.25, -0.2) is 0 Å². The molecule has 0 aliphatic carbocycles. The van der Waals surface area contributed by atoms with E-state index < -0.39 is 0 Å². The Balaban J connectivity index is 2.20. The molecule has 2 aromatic carbocycles. The Labute approximate surface area is 101 Å². The van der Waals surface area contributed by atoms with Crippen LogP contribution in [0.5, 0.6) is 0 Å². The van der Waals surface area contributed by atoms with Crippen molar-refractivity contribution >= 4 is 11.4 Å². The highest BCUT2D eigenvalue weighted by atomic mass is 16.3. The number of benzene rings is 2. The van der Waals surface area contributed by atoms with Gasteiger partial charge in [0, 0.05) is 24.5 Å². The van der Waals surface area contributed by atoms with Gasteiger partial charge in [0.15, 0.2) is 0 Å². The van der Waals surface area contributed by atoms with E-state index in [9.17, 15) is 5.11 Å². The molecule has 0 spiro atoms. The van der Waals surface area contributed by atoms with Crippen LogP contribution in [0.15, 0.2) is 66.9 Å². The fourth-order valence-corrected chi connectivity index (χ4v) is 1.60. The highest BCUT2D eigenvalue weighted by molar-refractivity contribution is 5.62. The van der Waals surface area contributed by atoms with Gasteiger partial charge in [0.25, 0.3) is 0 Å². The summed E-state index contributed by atoms with van der Waals surface area (Å²) < 4.78 is 0. The monoisotopic (exact) mass is 225 g/mol. The van der Waals surface area contributed by atoms with Crippen LogP contribution < -0.4 is 4.90 Å². The van der Waals surface area contributed by atoms with E-state index >= 15 is 0 Å². The van der Waals surface area contributed by atoms with E-state index in [0.29, 0.717) is 0 Å². The Morgan fingerprint density at radius 1 is 0.941 bits per heavy atom. The molecule has 1 N–H and O–H groups in total. The number of nitrogens with zero attached hydrogens (tertiary/aromatic N) is 1. The highest BCUT2D eigenvalue weighted by Gasteiger charge is 2.01. The van der Waals surface area contributed by atoms with Gasteiger partial charge in [-0.15, -0.1) is 0 Å². The molecule has 2 rings (SSSR count). The Morgan fingerprint density at radius 3 is 2.06 bits per heavy atom. The summed E-state index contributed by atoms with van der Waals surface area (Å²) in [5.74, 6) is 0.261. The second-order valence-corrected chi connectivity index (χ2v) is 3.83. The van der Waals surface area contributed by atoms with Crippen molar-refractivity contribution in [1.29, 1.82) is 0 Å². The van der Waals surface area contributed by atoms with Crippen LogP contribution in [-0.2, 0) is 0 Å². The van der Waals surface area contributed by atoms with Crippen LogP contribution in [0.1, 0.15) is 5.56 Å². The number of anilines is 1. The molecule has 0 atom stereocenters.